The molecule has 9 nitrogen and oxygen atoms in total. The first-order chi connectivity index (χ1) is 14.1. The number of ether oxygens (including phenoxy) is 1. The number of hydrogen-bond donors (Lipinski definition) is 2. The summed E-state index contributed by atoms with van der Waals surface area (Å²) >= 11 is 5.74. The van der Waals surface area contributed by atoms with Crippen molar-refractivity contribution in [3.8, 4) is 0 Å². The molecular formula is C18H17ClFN5O4S. The second kappa shape index (κ2) is 7.27. The molecule has 0 bridgehead atoms. The number of halogens is 2. The number of nitrogens with zero attached hydrogens (tertiary/aromatic N) is 3. The van der Waals surface area contributed by atoms with E-state index in [1.54, 1.807) is 19.1 Å². The van der Waals surface area contributed by atoms with Crippen molar-refractivity contribution in [1.82, 2.24) is 19.3 Å². The van der Waals surface area contributed by atoms with E-state index in [4.69, 9.17) is 16.3 Å². The molecule has 0 aliphatic carbocycles. The molecule has 0 radical (unpaired) electrons. The highest BCUT2D eigenvalue weighted by atomic mass is 35.5. The van der Waals surface area contributed by atoms with E-state index in [1.807, 2.05) is 0 Å². The molecule has 1 saturated heterocycles. The standard InChI is InChI=1S/C18H17ClFN5O4S/c1-18(8-29-9-18)24-30(27,28)17-14-11(4-3-5-21-14)15(25(17)2)16(26)22-10-6-12(19)23-13(20)7-10/h3-7,24H,8-9H2,1-2H3,(H,22,23,26). The summed E-state index contributed by atoms with van der Waals surface area (Å²) in [6.45, 7) is 2.20. The van der Waals surface area contributed by atoms with Gasteiger partial charge in [0.15, 0.2) is 5.03 Å². The Balaban J connectivity index is 1.79. The van der Waals surface area contributed by atoms with Crippen LogP contribution in [0.5, 0.6) is 0 Å². The van der Waals surface area contributed by atoms with E-state index in [1.165, 1.54) is 23.9 Å². The lowest BCUT2D eigenvalue weighted by Gasteiger charge is -2.38. The van der Waals surface area contributed by atoms with Crippen LogP contribution in [0.2, 0.25) is 5.15 Å². The predicted octanol–water partition coefficient (Wildman–Crippen LogP) is 2.08. The Morgan fingerprint density at radius 3 is 2.73 bits per heavy atom. The smallest absolute Gasteiger partial charge is 0.273 e. The van der Waals surface area contributed by atoms with Crippen LogP contribution in [-0.4, -0.2) is 47.6 Å². The molecule has 1 amide bonds. The van der Waals surface area contributed by atoms with Gasteiger partial charge in [-0.1, -0.05) is 11.6 Å². The fourth-order valence-electron chi connectivity index (χ4n) is 3.36. The SMILES string of the molecule is Cn1c(C(=O)Nc2cc(F)nc(Cl)c2)c2cccnc2c1S(=O)(=O)NC1(C)COC1. The van der Waals surface area contributed by atoms with Crippen molar-refractivity contribution in [3.05, 3.63) is 47.3 Å². The van der Waals surface area contributed by atoms with E-state index < -0.39 is 27.4 Å². The van der Waals surface area contributed by atoms with Crippen molar-refractivity contribution in [2.75, 3.05) is 18.5 Å². The molecular weight excluding hydrogens is 437 g/mol. The summed E-state index contributed by atoms with van der Waals surface area (Å²) in [6, 6.07) is 5.46. The van der Waals surface area contributed by atoms with Crippen LogP contribution in [0.25, 0.3) is 10.9 Å². The number of carbonyl (C=O) groups is 1. The summed E-state index contributed by atoms with van der Waals surface area (Å²) in [5.74, 6) is -1.52. The van der Waals surface area contributed by atoms with Crippen LogP contribution in [0.1, 0.15) is 17.4 Å². The molecule has 4 heterocycles. The van der Waals surface area contributed by atoms with Crippen LogP contribution in [0.4, 0.5) is 10.1 Å². The molecule has 0 spiro atoms. The van der Waals surface area contributed by atoms with Gasteiger partial charge in [0.2, 0.25) is 5.95 Å². The van der Waals surface area contributed by atoms with Crippen molar-refractivity contribution >= 4 is 44.1 Å². The summed E-state index contributed by atoms with van der Waals surface area (Å²) < 4.78 is 48.7. The summed E-state index contributed by atoms with van der Waals surface area (Å²) in [5, 5.41) is 2.56. The largest absolute Gasteiger partial charge is 0.377 e. The molecule has 1 fully saturated rings. The maximum atomic E-state index is 13.5. The number of nitrogens with one attached hydrogen (secondary N) is 2. The van der Waals surface area contributed by atoms with Crippen LogP contribution >= 0.6 is 11.6 Å². The van der Waals surface area contributed by atoms with Crippen LogP contribution in [-0.2, 0) is 21.8 Å². The van der Waals surface area contributed by atoms with Crippen molar-refractivity contribution in [1.29, 1.82) is 0 Å². The Bertz CT molecular complexity index is 1250. The molecule has 0 atom stereocenters. The number of aromatic nitrogens is 3. The molecule has 1 aliphatic rings. The maximum Gasteiger partial charge on any atom is 0.273 e. The first kappa shape index (κ1) is 20.7. The van der Waals surface area contributed by atoms with Gasteiger partial charge in [0, 0.05) is 30.4 Å². The Morgan fingerprint density at radius 2 is 2.10 bits per heavy atom. The number of carbonyl (C=O) groups excluding carboxylic acids is 1. The topological polar surface area (TPSA) is 115 Å². The third-order valence-corrected chi connectivity index (χ3v) is 6.55. The van der Waals surface area contributed by atoms with E-state index in [2.05, 4.69) is 20.0 Å². The lowest BCUT2D eigenvalue weighted by atomic mass is 10.0. The summed E-state index contributed by atoms with van der Waals surface area (Å²) in [7, 11) is -2.59. The van der Waals surface area contributed by atoms with Crippen LogP contribution in [0, 0.1) is 5.95 Å². The molecule has 158 valence electrons. The third kappa shape index (κ3) is 3.65. The van der Waals surface area contributed by atoms with E-state index >= 15 is 0 Å². The highest BCUT2D eigenvalue weighted by Gasteiger charge is 2.40. The van der Waals surface area contributed by atoms with Gasteiger partial charge in [-0.2, -0.15) is 9.11 Å². The number of sulfonamides is 1. The number of rotatable bonds is 5. The zero-order valence-electron chi connectivity index (χ0n) is 15.9. The lowest BCUT2D eigenvalue weighted by Crippen LogP contribution is -2.59. The van der Waals surface area contributed by atoms with Gasteiger partial charge in [0.05, 0.1) is 18.8 Å². The minimum Gasteiger partial charge on any atom is -0.377 e. The second-order valence-corrected chi connectivity index (χ2v) is 9.21. The monoisotopic (exact) mass is 453 g/mol. The van der Waals surface area contributed by atoms with Gasteiger partial charge in [0.25, 0.3) is 15.9 Å². The zero-order chi connectivity index (χ0) is 21.7. The van der Waals surface area contributed by atoms with E-state index in [0.29, 0.717) is 5.39 Å². The highest BCUT2D eigenvalue weighted by molar-refractivity contribution is 7.89. The number of hydrogen-bond acceptors (Lipinski definition) is 6. The first-order valence-corrected chi connectivity index (χ1v) is 10.7. The normalized spacial score (nSPS) is 15.7. The van der Waals surface area contributed by atoms with Gasteiger partial charge in [-0.3, -0.25) is 9.78 Å². The van der Waals surface area contributed by atoms with Gasteiger partial charge in [0.1, 0.15) is 16.4 Å². The molecule has 0 aromatic carbocycles. The minimum atomic E-state index is -4.04. The molecule has 1 aliphatic heterocycles. The predicted molar refractivity (Wildman–Crippen MR) is 107 cm³/mol. The number of anilines is 1. The van der Waals surface area contributed by atoms with Gasteiger partial charge in [-0.05, 0) is 25.1 Å². The summed E-state index contributed by atoms with van der Waals surface area (Å²) in [6.07, 6.45) is 1.44. The summed E-state index contributed by atoms with van der Waals surface area (Å²) in [5.41, 5.74) is -0.475. The Kier molecular flexibility index (Phi) is 5.01. The van der Waals surface area contributed by atoms with Crippen molar-refractivity contribution in [2.45, 2.75) is 17.5 Å². The Labute approximate surface area is 176 Å². The van der Waals surface area contributed by atoms with Crippen LogP contribution in [0.15, 0.2) is 35.5 Å². The van der Waals surface area contributed by atoms with E-state index in [-0.39, 0.29) is 40.3 Å². The fraction of sp³-hybridized carbons (Fsp3) is 0.278. The quantitative estimate of drug-likeness (QED) is 0.571. The van der Waals surface area contributed by atoms with Gasteiger partial charge >= 0.3 is 0 Å². The molecule has 12 heteroatoms. The average molecular weight is 454 g/mol. The molecule has 3 aromatic rings. The molecule has 2 N–H and O–H groups in total. The Morgan fingerprint density at radius 1 is 1.37 bits per heavy atom. The van der Waals surface area contributed by atoms with Crippen molar-refractivity contribution < 1.29 is 22.3 Å². The maximum absolute atomic E-state index is 13.5. The van der Waals surface area contributed by atoms with Crippen molar-refractivity contribution in [3.63, 3.8) is 0 Å². The third-order valence-electron chi connectivity index (χ3n) is 4.62. The number of fused-ring (bicyclic) bond motifs is 1. The van der Waals surface area contributed by atoms with Crippen LogP contribution < -0.4 is 10.0 Å². The first-order valence-electron chi connectivity index (χ1n) is 8.79. The molecule has 4 rings (SSSR count). The van der Waals surface area contributed by atoms with Crippen LogP contribution in [0.3, 0.4) is 0 Å². The molecule has 0 unspecified atom stereocenters. The van der Waals surface area contributed by atoms with Gasteiger partial charge in [-0.25, -0.2) is 13.4 Å². The molecule has 0 saturated carbocycles. The highest BCUT2D eigenvalue weighted by Crippen LogP contribution is 2.30. The van der Waals surface area contributed by atoms with Gasteiger partial charge < -0.3 is 14.6 Å². The molecule has 3 aromatic heterocycles. The van der Waals surface area contributed by atoms with E-state index in [0.717, 1.165) is 6.07 Å². The average Bonchev–Trinajstić information content (AvgIpc) is 2.91. The fourth-order valence-corrected chi connectivity index (χ4v) is 5.29. The zero-order valence-corrected chi connectivity index (χ0v) is 17.5. The van der Waals surface area contributed by atoms with Gasteiger partial charge in [-0.15, -0.1) is 0 Å². The number of amides is 1. The summed E-state index contributed by atoms with van der Waals surface area (Å²) in [4.78, 5) is 20.6. The molecule has 30 heavy (non-hydrogen) atoms. The minimum absolute atomic E-state index is 0.0434. The second-order valence-electron chi connectivity index (χ2n) is 7.23. The number of pyridine rings is 2. The Hall–Kier alpha value is -2.60. The van der Waals surface area contributed by atoms with Crippen molar-refractivity contribution in [2.24, 2.45) is 7.05 Å². The lowest BCUT2D eigenvalue weighted by molar-refractivity contribution is -0.0523. The van der Waals surface area contributed by atoms with E-state index in [9.17, 15) is 17.6 Å².